The van der Waals surface area contributed by atoms with Crippen LogP contribution in [0.3, 0.4) is 0 Å². The van der Waals surface area contributed by atoms with Gasteiger partial charge in [-0.1, -0.05) is 29.5 Å². The van der Waals surface area contributed by atoms with Crippen LogP contribution in [0.25, 0.3) is 0 Å². The molecule has 1 aliphatic heterocycles. The Morgan fingerprint density at radius 2 is 1.69 bits per heavy atom. The van der Waals surface area contributed by atoms with E-state index in [1.165, 1.54) is 30.5 Å². The molecular weight excluding hydrogens is 538 g/mol. The van der Waals surface area contributed by atoms with Crippen LogP contribution in [0.2, 0.25) is 0 Å². The number of hydrogen-bond acceptors (Lipinski definition) is 8. The SMILES string of the molecule is CC1=C(C(=O)Nc2ccc(S(N)(=O)=O)cc2)[C@H](c2ccco2)C(C#N)=C(SCC(=O)Nc2ccc(C)cc2)N1. The zero-order valence-electron chi connectivity index (χ0n) is 21.0. The first-order valence-corrected chi connectivity index (χ1v) is 14.2. The lowest BCUT2D eigenvalue weighted by atomic mass is 9.85. The van der Waals surface area contributed by atoms with Crippen molar-refractivity contribution in [3.05, 3.63) is 100 Å². The Balaban J connectivity index is 1.57. The third-order valence-electron chi connectivity index (χ3n) is 5.84. The molecule has 0 saturated carbocycles. The lowest BCUT2D eigenvalue weighted by Gasteiger charge is -2.28. The van der Waals surface area contributed by atoms with Crippen LogP contribution in [-0.2, 0) is 19.6 Å². The second-order valence-electron chi connectivity index (χ2n) is 8.69. The molecule has 0 bridgehead atoms. The number of carbonyl (C=O) groups excluding carboxylic acids is 2. The molecule has 2 heterocycles. The van der Waals surface area contributed by atoms with Crippen molar-refractivity contribution in [2.45, 2.75) is 24.7 Å². The van der Waals surface area contributed by atoms with E-state index < -0.39 is 21.8 Å². The van der Waals surface area contributed by atoms with Crippen LogP contribution in [-0.4, -0.2) is 26.0 Å². The number of rotatable bonds is 8. The summed E-state index contributed by atoms with van der Waals surface area (Å²) in [6, 6.07) is 18.3. The second-order valence-corrected chi connectivity index (χ2v) is 11.2. The quantitative estimate of drug-likeness (QED) is 0.320. The number of amides is 2. The number of nitrogens with one attached hydrogen (secondary N) is 3. The summed E-state index contributed by atoms with van der Waals surface area (Å²) < 4.78 is 28.7. The average molecular weight is 564 g/mol. The summed E-state index contributed by atoms with van der Waals surface area (Å²) in [5.74, 6) is -1.20. The van der Waals surface area contributed by atoms with Gasteiger partial charge in [-0.3, -0.25) is 9.59 Å². The second kappa shape index (κ2) is 11.6. The van der Waals surface area contributed by atoms with E-state index in [1.807, 2.05) is 31.2 Å². The highest BCUT2D eigenvalue weighted by Crippen LogP contribution is 2.41. The summed E-state index contributed by atoms with van der Waals surface area (Å²) in [4.78, 5) is 25.9. The van der Waals surface area contributed by atoms with E-state index in [4.69, 9.17) is 9.56 Å². The molecule has 0 saturated heterocycles. The van der Waals surface area contributed by atoms with Crippen LogP contribution in [0.5, 0.6) is 0 Å². The van der Waals surface area contributed by atoms with Crippen LogP contribution >= 0.6 is 11.8 Å². The van der Waals surface area contributed by atoms with Gasteiger partial charge in [0, 0.05) is 17.1 Å². The first kappa shape index (κ1) is 27.7. The summed E-state index contributed by atoms with van der Waals surface area (Å²) in [7, 11) is -3.88. The first-order chi connectivity index (χ1) is 18.6. The highest BCUT2D eigenvalue weighted by Gasteiger charge is 2.36. The van der Waals surface area contributed by atoms with Crippen molar-refractivity contribution in [1.29, 1.82) is 5.26 Å². The van der Waals surface area contributed by atoms with E-state index in [1.54, 1.807) is 19.1 Å². The van der Waals surface area contributed by atoms with Crippen molar-refractivity contribution in [3.63, 3.8) is 0 Å². The van der Waals surface area contributed by atoms with E-state index in [0.717, 1.165) is 17.3 Å². The fourth-order valence-corrected chi connectivity index (χ4v) is 5.37. The van der Waals surface area contributed by atoms with Gasteiger partial charge in [0.15, 0.2) is 0 Å². The van der Waals surface area contributed by atoms with Crippen molar-refractivity contribution in [3.8, 4) is 6.07 Å². The molecule has 0 aliphatic carbocycles. The molecule has 1 aromatic heterocycles. The molecule has 200 valence electrons. The van der Waals surface area contributed by atoms with E-state index in [-0.39, 0.29) is 27.7 Å². The fourth-order valence-electron chi connectivity index (χ4n) is 3.97. The van der Waals surface area contributed by atoms with Gasteiger partial charge in [-0.25, -0.2) is 13.6 Å². The molecule has 3 aromatic rings. The maximum atomic E-state index is 13.4. The van der Waals surface area contributed by atoms with Gasteiger partial charge in [0.2, 0.25) is 15.9 Å². The number of nitrogens with zero attached hydrogens (tertiary/aromatic N) is 1. The smallest absolute Gasteiger partial charge is 0.254 e. The van der Waals surface area contributed by atoms with Gasteiger partial charge in [-0.05, 0) is 62.4 Å². The number of thioether (sulfide) groups is 1. The minimum atomic E-state index is -3.88. The largest absolute Gasteiger partial charge is 0.468 e. The summed E-state index contributed by atoms with van der Waals surface area (Å²) in [5, 5.41) is 24.4. The maximum absolute atomic E-state index is 13.4. The molecule has 2 amide bonds. The number of sulfonamides is 1. The van der Waals surface area contributed by atoms with Crippen LogP contribution in [0, 0.1) is 18.3 Å². The number of benzene rings is 2. The Hall–Kier alpha value is -4.31. The summed E-state index contributed by atoms with van der Waals surface area (Å²) >= 11 is 1.14. The Kier molecular flexibility index (Phi) is 8.25. The van der Waals surface area contributed by atoms with Crippen LogP contribution in [0.4, 0.5) is 11.4 Å². The van der Waals surface area contributed by atoms with Gasteiger partial charge >= 0.3 is 0 Å². The summed E-state index contributed by atoms with van der Waals surface area (Å²) in [6.07, 6.45) is 1.45. The molecule has 4 rings (SSSR count). The van der Waals surface area contributed by atoms with Crippen molar-refractivity contribution < 1.29 is 22.4 Å². The molecule has 2 aromatic carbocycles. The minimum Gasteiger partial charge on any atom is -0.468 e. The number of nitrogens with two attached hydrogens (primary N) is 1. The molecule has 1 atom stereocenters. The van der Waals surface area contributed by atoms with Crippen molar-refractivity contribution in [1.82, 2.24) is 5.32 Å². The number of furan rings is 1. The molecule has 0 fully saturated rings. The lowest BCUT2D eigenvalue weighted by Crippen LogP contribution is -2.31. The lowest BCUT2D eigenvalue weighted by molar-refractivity contribution is -0.114. The topological polar surface area (TPSA) is 167 Å². The third-order valence-corrected chi connectivity index (χ3v) is 7.79. The van der Waals surface area contributed by atoms with Gasteiger partial charge in [-0.2, -0.15) is 5.26 Å². The molecule has 39 heavy (non-hydrogen) atoms. The normalized spacial score (nSPS) is 15.4. The van der Waals surface area contributed by atoms with Crippen molar-refractivity contribution in [2.24, 2.45) is 5.14 Å². The number of carbonyl (C=O) groups is 2. The number of allylic oxidation sites excluding steroid dienone is 2. The Labute approximate surface area is 230 Å². The van der Waals surface area contributed by atoms with Gasteiger partial charge in [0.05, 0.1) is 45.1 Å². The molecule has 0 radical (unpaired) electrons. The van der Waals surface area contributed by atoms with E-state index in [0.29, 0.717) is 27.9 Å². The van der Waals surface area contributed by atoms with E-state index >= 15 is 0 Å². The minimum absolute atomic E-state index is 0.0253. The average Bonchev–Trinajstić information content (AvgIpc) is 3.43. The Morgan fingerprint density at radius 3 is 2.28 bits per heavy atom. The van der Waals surface area contributed by atoms with Crippen LogP contribution in [0.1, 0.15) is 24.2 Å². The molecule has 0 unspecified atom stereocenters. The van der Waals surface area contributed by atoms with Crippen molar-refractivity contribution in [2.75, 3.05) is 16.4 Å². The predicted octanol–water partition coefficient (Wildman–Crippen LogP) is 3.94. The standard InChI is InChI=1S/C27H25N5O5S2/c1-16-5-7-18(8-6-16)31-23(33)15-38-27-21(14-28)25(22-4-3-13-37-22)24(17(2)30-27)26(34)32-19-9-11-20(12-10-19)39(29,35)36/h3-13,25,30H,15H2,1-2H3,(H,31,33)(H,32,34)(H2,29,35,36)/t25-/m0/s1. The van der Waals surface area contributed by atoms with Crippen molar-refractivity contribution >= 4 is 45.0 Å². The third kappa shape index (κ3) is 6.58. The van der Waals surface area contributed by atoms with E-state index in [2.05, 4.69) is 22.0 Å². The molecule has 12 heteroatoms. The number of hydrogen-bond donors (Lipinski definition) is 4. The molecule has 10 nitrogen and oxygen atoms in total. The zero-order valence-corrected chi connectivity index (χ0v) is 22.7. The Bertz CT molecular complexity index is 1600. The van der Waals surface area contributed by atoms with Gasteiger partial charge in [0.1, 0.15) is 5.76 Å². The van der Waals surface area contributed by atoms with Gasteiger partial charge < -0.3 is 20.4 Å². The number of primary sulfonamides is 1. The van der Waals surface area contributed by atoms with Crippen LogP contribution in [0.15, 0.2) is 98.1 Å². The highest BCUT2D eigenvalue weighted by atomic mass is 32.2. The highest BCUT2D eigenvalue weighted by molar-refractivity contribution is 8.03. The number of anilines is 2. The summed E-state index contributed by atoms with van der Waals surface area (Å²) in [5.41, 5.74) is 3.00. The maximum Gasteiger partial charge on any atom is 0.254 e. The number of dihydropyridines is 1. The molecular formula is C27H25N5O5S2. The predicted molar refractivity (Wildman–Crippen MR) is 149 cm³/mol. The van der Waals surface area contributed by atoms with Gasteiger partial charge in [-0.15, -0.1) is 0 Å². The zero-order chi connectivity index (χ0) is 28.2. The Morgan fingerprint density at radius 1 is 1.05 bits per heavy atom. The molecule has 0 spiro atoms. The molecule has 1 aliphatic rings. The van der Waals surface area contributed by atoms with Crippen LogP contribution < -0.4 is 21.1 Å². The monoisotopic (exact) mass is 563 g/mol. The molecule has 5 N–H and O–H groups in total. The summed E-state index contributed by atoms with van der Waals surface area (Å²) in [6.45, 7) is 3.64. The number of aryl methyl sites for hydroxylation is 1. The number of nitriles is 1. The van der Waals surface area contributed by atoms with E-state index in [9.17, 15) is 23.3 Å². The van der Waals surface area contributed by atoms with Gasteiger partial charge in [0.25, 0.3) is 5.91 Å². The fraction of sp³-hybridized carbons (Fsp3) is 0.148. The first-order valence-electron chi connectivity index (χ1n) is 11.7.